The second-order valence-corrected chi connectivity index (χ2v) is 7.07. The van der Waals surface area contributed by atoms with E-state index in [1.54, 1.807) is 11.3 Å². The highest BCUT2D eigenvalue weighted by atomic mass is 32.1. The number of nitrogens with one attached hydrogen (secondary N) is 2. The minimum atomic E-state index is 0.796. The zero-order valence-corrected chi connectivity index (χ0v) is 14.9. The molecule has 2 aromatic carbocycles. The van der Waals surface area contributed by atoms with Gasteiger partial charge in [0.25, 0.3) is 0 Å². The van der Waals surface area contributed by atoms with E-state index in [-0.39, 0.29) is 0 Å². The second kappa shape index (κ2) is 6.53. The molecule has 2 aromatic heterocycles. The number of aromatic nitrogens is 2. The summed E-state index contributed by atoms with van der Waals surface area (Å²) in [5, 5.41) is 6.36. The van der Waals surface area contributed by atoms with Gasteiger partial charge in [-0.2, -0.15) is 5.10 Å². The number of thiazole rings is 1. The molecule has 0 spiro atoms. The Morgan fingerprint density at radius 2 is 1.80 bits per heavy atom. The van der Waals surface area contributed by atoms with Crippen molar-refractivity contribution in [3.05, 3.63) is 70.7 Å². The highest BCUT2D eigenvalue weighted by molar-refractivity contribution is 7.15. The third-order valence-corrected chi connectivity index (χ3v) is 5.02. The van der Waals surface area contributed by atoms with Crippen LogP contribution in [0.1, 0.15) is 16.1 Å². The lowest BCUT2D eigenvalue weighted by molar-refractivity contribution is 1.27. The van der Waals surface area contributed by atoms with Gasteiger partial charge < -0.3 is 4.98 Å². The van der Waals surface area contributed by atoms with E-state index >= 15 is 0 Å². The average molecular weight is 346 g/mol. The number of hydrogen-bond acceptors (Lipinski definition) is 4. The van der Waals surface area contributed by atoms with Crippen LogP contribution >= 0.6 is 11.3 Å². The fourth-order valence-electron chi connectivity index (χ4n) is 2.92. The molecule has 0 aliphatic heterocycles. The van der Waals surface area contributed by atoms with Gasteiger partial charge in [-0.15, -0.1) is 11.3 Å². The summed E-state index contributed by atoms with van der Waals surface area (Å²) < 4.78 is 0. The van der Waals surface area contributed by atoms with Crippen LogP contribution in [-0.4, -0.2) is 16.2 Å². The zero-order chi connectivity index (χ0) is 17.2. The van der Waals surface area contributed by atoms with E-state index in [1.165, 1.54) is 10.3 Å². The second-order valence-electron chi connectivity index (χ2n) is 5.87. The van der Waals surface area contributed by atoms with Crippen LogP contribution in [0.4, 0.5) is 5.13 Å². The summed E-state index contributed by atoms with van der Waals surface area (Å²) in [5.41, 5.74) is 8.52. The predicted octanol–water partition coefficient (Wildman–Crippen LogP) is 5.35. The van der Waals surface area contributed by atoms with Gasteiger partial charge in [0.1, 0.15) is 0 Å². The summed E-state index contributed by atoms with van der Waals surface area (Å²) in [4.78, 5) is 9.22. The molecule has 2 heterocycles. The number of aryl methyl sites for hydroxylation is 2. The molecule has 0 aliphatic carbocycles. The van der Waals surface area contributed by atoms with E-state index in [0.717, 1.165) is 33.2 Å². The van der Waals surface area contributed by atoms with Crippen molar-refractivity contribution in [2.45, 2.75) is 13.8 Å². The standard InChI is InChI=1S/C20H18N4S/c1-13-17(16-10-6-7-11-18(16)22-13)12-21-24-20-23-19(14(2)25-20)15-8-4-3-5-9-15/h3-12,22H,1-2H3,(H,23,24)/b21-12-. The van der Waals surface area contributed by atoms with E-state index in [2.05, 4.69) is 58.6 Å². The number of anilines is 1. The molecule has 0 fully saturated rings. The molecule has 25 heavy (non-hydrogen) atoms. The topological polar surface area (TPSA) is 53.1 Å². The number of fused-ring (bicyclic) bond motifs is 1. The monoisotopic (exact) mass is 346 g/mol. The van der Waals surface area contributed by atoms with Crippen molar-refractivity contribution in [2.24, 2.45) is 5.10 Å². The lowest BCUT2D eigenvalue weighted by Crippen LogP contribution is -1.91. The Kier molecular flexibility index (Phi) is 4.07. The molecule has 2 N–H and O–H groups in total. The largest absolute Gasteiger partial charge is 0.358 e. The molecule has 4 aromatic rings. The average Bonchev–Trinajstić information content (AvgIpc) is 3.16. The highest BCUT2D eigenvalue weighted by Gasteiger charge is 2.09. The number of H-pyrrole nitrogens is 1. The Balaban J connectivity index is 1.57. The van der Waals surface area contributed by atoms with Crippen LogP contribution in [0.2, 0.25) is 0 Å². The summed E-state index contributed by atoms with van der Waals surface area (Å²) in [6, 6.07) is 18.5. The summed E-state index contributed by atoms with van der Waals surface area (Å²) in [6.45, 7) is 4.14. The smallest absolute Gasteiger partial charge is 0.204 e. The van der Waals surface area contributed by atoms with Crippen molar-refractivity contribution < 1.29 is 0 Å². The van der Waals surface area contributed by atoms with Crippen molar-refractivity contribution in [1.29, 1.82) is 0 Å². The van der Waals surface area contributed by atoms with Crippen LogP contribution in [0.3, 0.4) is 0 Å². The number of rotatable bonds is 4. The van der Waals surface area contributed by atoms with Crippen molar-refractivity contribution in [3.8, 4) is 11.3 Å². The van der Waals surface area contributed by atoms with Gasteiger partial charge in [0.15, 0.2) is 0 Å². The Morgan fingerprint density at radius 1 is 1.04 bits per heavy atom. The quantitative estimate of drug-likeness (QED) is 0.386. The third kappa shape index (κ3) is 3.06. The van der Waals surface area contributed by atoms with Crippen LogP contribution in [-0.2, 0) is 0 Å². The van der Waals surface area contributed by atoms with Gasteiger partial charge in [-0.1, -0.05) is 48.5 Å². The van der Waals surface area contributed by atoms with Crippen molar-refractivity contribution >= 4 is 33.6 Å². The van der Waals surface area contributed by atoms with Crippen molar-refractivity contribution in [1.82, 2.24) is 9.97 Å². The van der Waals surface area contributed by atoms with Crippen LogP contribution in [0.15, 0.2) is 59.7 Å². The Labute approximate surface area is 150 Å². The third-order valence-electron chi connectivity index (χ3n) is 4.14. The van der Waals surface area contributed by atoms with Gasteiger partial charge >= 0.3 is 0 Å². The molecule has 0 radical (unpaired) electrons. The van der Waals surface area contributed by atoms with E-state index in [1.807, 2.05) is 36.5 Å². The van der Waals surface area contributed by atoms with Crippen LogP contribution < -0.4 is 5.43 Å². The molecule has 4 nitrogen and oxygen atoms in total. The number of para-hydroxylation sites is 1. The molecule has 0 amide bonds. The summed E-state index contributed by atoms with van der Waals surface area (Å²) in [6.07, 6.45) is 1.85. The summed E-state index contributed by atoms with van der Waals surface area (Å²) >= 11 is 1.61. The first-order valence-electron chi connectivity index (χ1n) is 8.11. The van der Waals surface area contributed by atoms with Gasteiger partial charge in [-0.05, 0) is 19.9 Å². The number of hydrogen-bond donors (Lipinski definition) is 2. The first-order valence-corrected chi connectivity index (χ1v) is 8.93. The SMILES string of the molecule is Cc1[nH]c2ccccc2c1/C=N\Nc1nc(-c2ccccc2)c(C)s1. The molecule has 0 saturated carbocycles. The van der Waals surface area contributed by atoms with Gasteiger partial charge in [0.05, 0.1) is 11.9 Å². The van der Waals surface area contributed by atoms with E-state index in [4.69, 9.17) is 0 Å². The maximum atomic E-state index is 4.67. The van der Waals surface area contributed by atoms with Crippen LogP contribution in [0.25, 0.3) is 22.2 Å². The maximum Gasteiger partial charge on any atom is 0.204 e. The van der Waals surface area contributed by atoms with Gasteiger partial charge in [0, 0.05) is 32.6 Å². The van der Waals surface area contributed by atoms with Crippen molar-refractivity contribution in [2.75, 3.05) is 5.43 Å². The lowest BCUT2D eigenvalue weighted by Gasteiger charge is -1.97. The molecular formula is C20H18N4S. The van der Waals surface area contributed by atoms with Gasteiger partial charge in [-0.25, -0.2) is 4.98 Å². The fraction of sp³-hybridized carbons (Fsp3) is 0.100. The first kappa shape index (κ1) is 15.6. The molecule has 4 rings (SSSR count). The molecule has 5 heteroatoms. The first-order chi connectivity index (χ1) is 12.2. The number of nitrogens with zero attached hydrogens (tertiary/aromatic N) is 2. The molecule has 0 aliphatic rings. The van der Waals surface area contributed by atoms with Crippen LogP contribution in [0, 0.1) is 13.8 Å². The molecule has 0 saturated heterocycles. The fourth-order valence-corrected chi connectivity index (χ4v) is 3.71. The van der Waals surface area contributed by atoms with E-state index in [0.29, 0.717) is 0 Å². The molecule has 0 bridgehead atoms. The van der Waals surface area contributed by atoms with Crippen LogP contribution in [0.5, 0.6) is 0 Å². The minimum Gasteiger partial charge on any atom is -0.358 e. The predicted molar refractivity (Wildman–Crippen MR) is 107 cm³/mol. The Bertz CT molecular complexity index is 1040. The number of benzene rings is 2. The molecule has 0 unspecified atom stereocenters. The minimum absolute atomic E-state index is 0.796. The number of aromatic amines is 1. The highest BCUT2D eigenvalue weighted by Crippen LogP contribution is 2.30. The Morgan fingerprint density at radius 3 is 2.64 bits per heavy atom. The molecule has 0 atom stereocenters. The maximum absolute atomic E-state index is 4.67. The molecular weight excluding hydrogens is 328 g/mol. The van der Waals surface area contributed by atoms with Gasteiger partial charge in [0.2, 0.25) is 5.13 Å². The van der Waals surface area contributed by atoms with E-state index in [9.17, 15) is 0 Å². The summed E-state index contributed by atoms with van der Waals surface area (Å²) in [5.74, 6) is 0. The summed E-state index contributed by atoms with van der Waals surface area (Å²) in [7, 11) is 0. The Hall–Kier alpha value is -2.92. The zero-order valence-electron chi connectivity index (χ0n) is 14.1. The molecule has 124 valence electrons. The van der Waals surface area contributed by atoms with Crippen molar-refractivity contribution in [3.63, 3.8) is 0 Å². The van der Waals surface area contributed by atoms with E-state index < -0.39 is 0 Å². The number of hydrazone groups is 1. The normalized spacial score (nSPS) is 11.4. The lowest BCUT2D eigenvalue weighted by atomic mass is 10.1. The van der Waals surface area contributed by atoms with Gasteiger partial charge in [-0.3, -0.25) is 5.43 Å².